The van der Waals surface area contributed by atoms with E-state index in [2.05, 4.69) is 4.98 Å². The van der Waals surface area contributed by atoms with Crippen molar-refractivity contribution in [3.8, 4) is 0 Å². The smallest absolute Gasteiger partial charge is 0.340 e. The van der Waals surface area contributed by atoms with Gasteiger partial charge in [-0.2, -0.15) is 0 Å². The van der Waals surface area contributed by atoms with Crippen molar-refractivity contribution in [2.45, 2.75) is 20.8 Å². The van der Waals surface area contributed by atoms with E-state index in [1.54, 1.807) is 20.8 Å². The molecule has 9 heteroatoms. The number of H-pyrrole nitrogens is 1. The first kappa shape index (κ1) is 21.5. The van der Waals surface area contributed by atoms with E-state index in [0.29, 0.717) is 17.0 Å². The number of rotatable bonds is 8. The van der Waals surface area contributed by atoms with E-state index in [4.69, 9.17) is 9.47 Å². The Labute approximate surface area is 166 Å². The number of ether oxygens (including phenoxy) is 2. The number of nitrogens with one attached hydrogen (secondary N) is 1. The van der Waals surface area contributed by atoms with Gasteiger partial charge in [-0.3, -0.25) is 14.9 Å². The Balaban J connectivity index is 2.03. The summed E-state index contributed by atoms with van der Waals surface area (Å²) in [6, 6.07) is 5.57. The van der Waals surface area contributed by atoms with Gasteiger partial charge in [0.1, 0.15) is 0 Å². The molecule has 0 bridgehead atoms. The molecule has 0 aliphatic rings. The third kappa shape index (κ3) is 5.38. The van der Waals surface area contributed by atoms with Crippen LogP contribution in [0, 0.1) is 24.0 Å². The summed E-state index contributed by atoms with van der Waals surface area (Å²) in [4.78, 5) is 49.5. The van der Waals surface area contributed by atoms with Gasteiger partial charge in [-0.05, 0) is 44.5 Å². The number of nitro groups is 1. The van der Waals surface area contributed by atoms with Gasteiger partial charge >= 0.3 is 11.9 Å². The fourth-order valence-electron chi connectivity index (χ4n) is 2.72. The highest BCUT2D eigenvalue weighted by atomic mass is 16.6. The molecule has 1 aromatic heterocycles. The Kier molecular flexibility index (Phi) is 7.02. The third-order valence-electron chi connectivity index (χ3n) is 3.99. The third-order valence-corrected chi connectivity index (χ3v) is 3.99. The van der Waals surface area contributed by atoms with Crippen molar-refractivity contribution in [1.29, 1.82) is 0 Å². The molecule has 2 aromatic rings. The summed E-state index contributed by atoms with van der Waals surface area (Å²) in [5.41, 5.74) is 1.73. The Hall–Kier alpha value is -3.75. The molecular weight excluding hydrogens is 380 g/mol. The molecule has 0 saturated carbocycles. The predicted molar refractivity (Wildman–Crippen MR) is 104 cm³/mol. The lowest BCUT2D eigenvalue weighted by Gasteiger charge is -2.06. The molecule has 0 aliphatic carbocycles. The molecule has 1 N–H and O–H groups in total. The molecule has 0 saturated heterocycles. The summed E-state index contributed by atoms with van der Waals surface area (Å²) < 4.78 is 9.93. The van der Waals surface area contributed by atoms with E-state index in [-0.39, 0.29) is 23.4 Å². The van der Waals surface area contributed by atoms with Gasteiger partial charge in [-0.15, -0.1) is 0 Å². The number of nitro benzene ring substituents is 1. The van der Waals surface area contributed by atoms with Crippen LogP contribution in [0.5, 0.6) is 0 Å². The molecular formula is C20H20N2O7. The Bertz CT molecular complexity index is 971. The minimum Gasteiger partial charge on any atom is -0.462 e. The molecule has 152 valence electrons. The van der Waals surface area contributed by atoms with Crippen molar-refractivity contribution in [2.75, 3.05) is 13.2 Å². The van der Waals surface area contributed by atoms with Gasteiger partial charge in [0, 0.05) is 29.6 Å². The van der Waals surface area contributed by atoms with Crippen LogP contribution >= 0.6 is 0 Å². The number of Topliss-reactive ketones (excluding diaryl/α,β-unsaturated/α-hetero) is 1. The van der Waals surface area contributed by atoms with Crippen LogP contribution in [-0.2, 0) is 14.3 Å². The summed E-state index contributed by atoms with van der Waals surface area (Å²) in [6.45, 7) is 4.56. The zero-order chi connectivity index (χ0) is 21.6. The van der Waals surface area contributed by atoms with Gasteiger partial charge < -0.3 is 14.5 Å². The van der Waals surface area contributed by atoms with Crippen LogP contribution in [0.25, 0.3) is 6.08 Å². The fourth-order valence-corrected chi connectivity index (χ4v) is 2.72. The van der Waals surface area contributed by atoms with Crippen LogP contribution in [0.4, 0.5) is 5.69 Å². The number of non-ortho nitro benzene ring substituents is 1. The lowest BCUT2D eigenvalue weighted by Crippen LogP contribution is -2.17. The predicted octanol–water partition coefficient (Wildman–Crippen LogP) is 3.16. The number of aromatic amines is 1. The van der Waals surface area contributed by atoms with Crippen LogP contribution in [0.15, 0.2) is 30.3 Å². The van der Waals surface area contributed by atoms with Crippen molar-refractivity contribution in [2.24, 2.45) is 0 Å². The first-order valence-electron chi connectivity index (χ1n) is 8.73. The van der Waals surface area contributed by atoms with E-state index in [0.717, 1.165) is 6.08 Å². The van der Waals surface area contributed by atoms with Gasteiger partial charge in [-0.1, -0.05) is 0 Å². The maximum atomic E-state index is 12.5. The van der Waals surface area contributed by atoms with E-state index in [9.17, 15) is 24.5 Å². The summed E-state index contributed by atoms with van der Waals surface area (Å²) in [6.07, 6.45) is 2.52. The Morgan fingerprint density at radius 1 is 1.07 bits per heavy atom. The number of carbonyl (C=O) groups is 3. The number of nitrogens with zero attached hydrogens (tertiary/aromatic N) is 1. The Morgan fingerprint density at radius 2 is 1.69 bits per heavy atom. The highest BCUT2D eigenvalue weighted by molar-refractivity contribution is 6.09. The quantitative estimate of drug-likeness (QED) is 0.237. The Morgan fingerprint density at radius 3 is 2.28 bits per heavy atom. The maximum Gasteiger partial charge on any atom is 0.340 e. The van der Waals surface area contributed by atoms with Crippen LogP contribution in [0.2, 0.25) is 0 Å². The average Bonchev–Trinajstić information content (AvgIpc) is 2.98. The second-order valence-electron chi connectivity index (χ2n) is 6.06. The molecule has 29 heavy (non-hydrogen) atoms. The van der Waals surface area contributed by atoms with Crippen LogP contribution < -0.4 is 0 Å². The molecule has 9 nitrogen and oxygen atoms in total. The second-order valence-corrected chi connectivity index (χ2v) is 6.06. The van der Waals surface area contributed by atoms with Crippen molar-refractivity contribution >= 4 is 29.5 Å². The summed E-state index contributed by atoms with van der Waals surface area (Å²) in [7, 11) is 0. The fraction of sp³-hybridized carbons (Fsp3) is 0.250. The lowest BCUT2D eigenvalue weighted by molar-refractivity contribution is -0.384. The molecule has 0 fully saturated rings. The summed E-state index contributed by atoms with van der Waals surface area (Å²) >= 11 is 0. The minimum absolute atomic E-state index is 0.0649. The topological polar surface area (TPSA) is 129 Å². The number of carbonyl (C=O) groups excluding carboxylic acids is 3. The van der Waals surface area contributed by atoms with Crippen molar-refractivity contribution < 1.29 is 28.8 Å². The number of ketones is 1. The van der Waals surface area contributed by atoms with E-state index < -0.39 is 29.3 Å². The van der Waals surface area contributed by atoms with Crippen LogP contribution in [0.1, 0.15) is 44.6 Å². The number of hydrogen-bond donors (Lipinski definition) is 1. The summed E-state index contributed by atoms with van der Waals surface area (Å²) in [5, 5.41) is 10.6. The number of hydrogen-bond acceptors (Lipinski definition) is 7. The summed E-state index contributed by atoms with van der Waals surface area (Å²) in [5.74, 6) is -1.92. The van der Waals surface area contributed by atoms with Crippen LogP contribution in [0.3, 0.4) is 0 Å². The zero-order valence-corrected chi connectivity index (χ0v) is 16.2. The normalized spacial score (nSPS) is 10.7. The van der Waals surface area contributed by atoms with Crippen molar-refractivity contribution in [1.82, 2.24) is 4.98 Å². The van der Waals surface area contributed by atoms with Gasteiger partial charge in [0.05, 0.1) is 22.7 Å². The number of esters is 2. The maximum absolute atomic E-state index is 12.5. The lowest BCUT2D eigenvalue weighted by atomic mass is 10.1. The molecule has 0 radical (unpaired) electrons. The molecule has 0 amide bonds. The van der Waals surface area contributed by atoms with E-state index in [1.165, 1.54) is 30.3 Å². The van der Waals surface area contributed by atoms with Gasteiger partial charge in [-0.25, -0.2) is 9.59 Å². The highest BCUT2D eigenvalue weighted by Crippen LogP contribution is 2.20. The molecule has 0 aliphatic heterocycles. The van der Waals surface area contributed by atoms with Crippen molar-refractivity contribution in [3.05, 3.63) is 68.5 Å². The minimum atomic E-state index is -0.765. The van der Waals surface area contributed by atoms with Gasteiger partial charge in [0.25, 0.3) is 5.69 Å². The van der Waals surface area contributed by atoms with E-state index in [1.807, 2.05) is 0 Å². The van der Waals surface area contributed by atoms with Gasteiger partial charge in [0.15, 0.2) is 6.61 Å². The average molecular weight is 400 g/mol. The monoisotopic (exact) mass is 400 g/mol. The second kappa shape index (κ2) is 9.45. The molecule has 0 unspecified atom stereocenters. The molecule has 0 atom stereocenters. The van der Waals surface area contributed by atoms with Crippen molar-refractivity contribution in [3.63, 3.8) is 0 Å². The first-order valence-corrected chi connectivity index (χ1v) is 8.73. The number of benzene rings is 1. The first-order chi connectivity index (χ1) is 13.7. The number of aryl methyl sites for hydroxylation is 2. The van der Waals surface area contributed by atoms with Crippen LogP contribution in [-0.4, -0.2) is 40.8 Å². The SMILES string of the molecule is CCOC(=O)c1c(C)[nH]c(C)c1C(=O)COC(=O)/C=C/c1ccc([N+](=O)[O-])cc1. The van der Waals surface area contributed by atoms with E-state index >= 15 is 0 Å². The molecule has 1 heterocycles. The molecule has 0 spiro atoms. The highest BCUT2D eigenvalue weighted by Gasteiger charge is 2.25. The number of aromatic nitrogens is 1. The zero-order valence-electron chi connectivity index (χ0n) is 16.2. The largest absolute Gasteiger partial charge is 0.462 e. The molecule has 2 rings (SSSR count). The molecule has 1 aromatic carbocycles. The standard InChI is InChI=1S/C20H20N2O7/c1-4-28-20(25)19-13(3)21-12(2)18(19)16(23)11-29-17(24)10-7-14-5-8-15(9-6-14)22(26)27/h5-10,21H,4,11H2,1-3H3/b10-7+. The van der Waals surface area contributed by atoms with Gasteiger partial charge in [0.2, 0.25) is 5.78 Å².